The van der Waals surface area contributed by atoms with E-state index in [1.165, 1.54) is 12.1 Å². The number of para-hydroxylation sites is 1. The van der Waals surface area contributed by atoms with Gasteiger partial charge in [0, 0.05) is 6.42 Å². The molecule has 0 bridgehead atoms. The monoisotopic (exact) mass is 252 g/mol. The molecule has 0 unspecified atom stereocenters. The van der Waals surface area contributed by atoms with Gasteiger partial charge in [0.15, 0.2) is 0 Å². The van der Waals surface area contributed by atoms with Gasteiger partial charge in [-0.3, -0.25) is 4.79 Å². The number of halogens is 1. The molecule has 0 radical (unpaired) electrons. The van der Waals surface area contributed by atoms with Crippen LogP contribution in [0.3, 0.4) is 0 Å². The summed E-state index contributed by atoms with van der Waals surface area (Å²) in [6.45, 7) is 1.52. The fraction of sp³-hybridized carbons (Fsp3) is 0.333. The summed E-state index contributed by atoms with van der Waals surface area (Å²) in [7, 11) is 0. The lowest BCUT2D eigenvalue weighted by Crippen LogP contribution is -2.43. The van der Waals surface area contributed by atoms with Crippen molar-refractivity contribution in [3.63, 3.8) is 0 Å². The molecule has 1 fully saturated rings. The first-order valence-electron chi connectivity index (χ1n) is 5.60. The average molecular weight is 252 g/mol. The number of hydrogen-bond acceptors (Lipinski definition) is 3. The van der Waals surface area contributed by atoms with E-state index < -0.39 is 11.8 Å². The Morgan fingerprint density at radius 3 is 2.72 bits per heavy atom. The summed E-state index contributed by atoms with van der Waals surface area (Å²) >= 11 is 0. The lowest BCUT2D eigenvalue weighted by Gasteiger charge is -2.26. The number of hydrogen-bond donors (Lipinski definition) is 3. The van der Waals surface area contributed by atoms with E-state index in [0.717, 1.165) is 19.2 Å². The van der Waals surface area contributed by atoms with Crippen LogP contribution < -0.4 is 10.6 Å². The van der Waals surface area contributed by atoms with Crippen molar-refractivity contribution in [1.82, 2.24) is 5.32 Å². The van der Waals surface area contributed by atoms with Gasteiger partial charge in [-0.25, -0.2) is 9.18 Å². The second kappa shape index (κ2) is 5.14. The quantitative estimate of drug-likeness (QED) is 0.749. The SMILES string of the molecule is O=C(CC1CNC1)Nc1c(F)cccc1C(=O)O. The number of amides is 1. The minimum Gasteiger partial charge on any atom is -0.478 e. The first-order valence-corrected chi connectivity index (χ1v) is 5.60. The Morgan fingerprint density at radius 1 is 1.44 bits per heavy atom. The third-order valence-electron chi connectivity index (χ3n) is 2.85. The predicted molar refractivity (Wildman–Crippen MR) is 63.0 cm³/mol. The Hall–Kier alpha value is -1.95. The lowest BCUT2D eigenvalue weighted by molar-refractivity contribution is -0.117. The molecule has 1 heterocycles. The minimum absolute atomic E-state index is 0.241. The fourth-order valence-electron chi connectivity index (χ4n) is 1.77. The van der Waals surface area contributed by atoms with E-state index in [2.05, 4.69) is 10.6 Å². The van der Waals surface area contributed by atoms with Crippen LogP contribution >= 0.6 is 0 Å². The summed E-state index contributed by atoms with van der Waals surface area (Å²) in [6, 6.07) is 3.67. The van der Waals surface area contributed by atoms with Gasteiger partial charge in [-0.05, 0) is 31.1 Å². The maximum Gasteiger partial charge on any atom is 0.337 e. The van der Waals surface area contributed by atoms with Crippen LogP contribution in [0.1, 0.15) is 16.8 Å². The van der Waals surface area contributed by atoms with Gasteiger partial charge in [-0.15, -0.1) is 0 Å². The molecule has 96 valence electrons. The molecule has 5 nitrogen and oxygen atoms in total. The van der Waals surface area contributed by atoms with E-state index in [0.29, 0.717) is 0 Å². The summed E-state index contributed by atoms with van der Waals surface area (Å²) in [5.41, 5.74) is -0.502. The summed E-state index contributed by atoms with van der Waals surface area (Å²) < 4.78 is 13.5. The van der Waals surface area contributed by atoms with Crippen LogP contribution in [0.15, 0.2) is 18.2 Å². The molecule has 1 aromatic rings. The highest BCUT2D eigenvalue weighted by Gasteiger charge is 2.22. The van der Waals surface area contributed by atoms with Crippen LogP contribution in [0.2, 0.25) is 0 Å². The van der Waals surface area contributed by atoms with Crippen LogP contribution in [0.5, 0.6) is 0 Å². The zero-order chi connectivity index (χ0) is 13.1. The van der Waals surface area contributed by atoms with E-state index in [9.17, 15) is 14.0 Å². The van der Waals surface area contributed by atoms with Gasteiger partial charge in [0.1, 0.15) is 5.82 Å². The number of carboxylic acid groups (broad SMARTS) is 1. The molecule has 6 heteroatoms. The molecule has 2 rings (SSSR count). The number of rotatable bonds is 4. The van der Waals surface area contributed by atoms with Crippen molar-refractivity contribution in [2.75, 3.05) is 18.4 Å². The molecule has 1 aliphatic rings. The second-order valence-electron chi connectivity index (χ2n) is 4.24. The van der Waals surface area contributed by atoms with Crippen LogP contribution in [0.4, 0.5) is 10.1 Å². The van der Waals surface area contributed by atoms with Crippen molar-refractivity contribution in [2.45, 2.75) is 6.42 Å². The largest absolute Gasteiger partial charge is 0.478 e. The normalized spacial score (nSPS) is 14.9. The maximum absolute atomic E-state index is 13.5. The lowest BCUT2D eigenvalue weighted by atomic mass is 9.99. The van der Waals surface area contributed by atoms with Crippen molar-refractivity contribution >= 4 is 17.6 Å². The van der Waals surface area contributed by atoms with Gasteiger partial charge in [-0.1, -0.05) is 6.07 Å². The molecule has 1 amide bonds. The molecule has 0 aliphatic carbocycles. The molecule has 0 atom stereocenters. The molecule has 1 aliphatic heterocycles. The second-order valence-corrected chi connectivity index (χ2v) is 4.24. The van der Waals surface area contributed by atoms with Crippen molar-refractivity contribution in [3.05, 3.63) is 29.6 Å². The summed E-state index contributed by atoms with van der Waals surface area (Å²) in [4.78, 5) is 22.6. The molecule has 0 saturated carbocycles. The minimum atomic E-state index is -1.27. The molecule has 0 spiro atoms. The van der Waals surface area contributed by atoms with Gasteiger partial charge in [-0.2, -0.15) is 0 Å². The highest BCUT2D eigenvalue weighted by molar-refractivity contribution is 6.00. The van der Waals surface area contributed by atoms with Crippen molar-refractivity contribution in [2.24, 2.45) is 5.92 Å². The first kappa shape index (κ1) is 12.5. The number of carbonyl (C=O) groups excluding carboxylic acids is 1. The van der Waals surface area contributed by atoms with Crippen LogP contribution in [-0.2, 0) is 4.79 Å². The molecular weight excluding hydrogens is 239 g/mol. The Balaban J connectivity index is 2.11. The van der Waals surface area contributed by atoms with Crippen LogP contribution in [0, 0.1) is 11.7 Å². The Labute approximate surface area is 103 Å². The van der Waals surface area contributed by atoms with Crippen LogP contribution in [0.25, 0.3) is 0 Å². The van der Waals surface area contributed by atoms with Crippen molar-refractivity contribution in [1.29, 1.82) is 0 Å². The number of nitrogens with one attached hydrogen (secondary N) is 2. The van der Waals surface area contributed by atoms with E-state index >= 15 is 0 Å². The number of anilines is 1. The zero-order valence-electron chi connectivity index (χ0n) is 9.57. The summed E-state index contributed by atoms with van der Waals surface area (Å²) in [5, 5.41) is 14.3. The fourth-order valence-corrected chi connectivity index (χ4v) is 1.77. The van der Waals surface area contributed by atoms with E-state index in [4.69, 9.17) is 5.11 Å². The van der Waals surface area contributed by atoms with Gasteiger partial charge in [0.25, 0.3) is 0 Å². The molecule has 3 N–H and O–H groups in total. The van der Waals surface area contributed by atoms with Gasteiger partial charge in [0.05, 0.1) is 11.3 Å². The maximum atomic E-state index is 13.5. The van der Waals surface area contributed by atoms with Crippen molar-refractivity contribution in [3.8, 4) is 0 Å². The molecule has 18 heavy (non-hydrogen) atoms. The number of aromatic carboxylic acids is 1. The Morgan fingerprint density at radius 2 is 2.17 bits per heavy atom. The highest BCUT2D eigenvalue weighted by atomic mass is 19.1. The molecule has 0 aromatic heterocycles. The average Bonchev–Trinajstić information content (AvgIpc) is 2.26. The van der Waals surface area contributed by atoms with E-state index in [1.807, 2.05) is 0 Å². The van der Waals surface area contributed by atoms with Gasteiger partial charge in [0.2, 0.25) is 5.91 Å². The smallest absolute Gasteiger partial charge is 0.337 e. The molecule has 1 aromatic carbocycles. The summed E-state index contributed by atoms with van der Waals surface area (Å²) in [6.07, 6.45) is 0.264. The van der Waals surface area contributed by atoms with Crippen molar-refractivity contribution < 1.29 is 19.1 Å². The van der Waals surface area contributed by atoms with E-state index in [-0.39, 0.29) is 29.5 Å². The zero-order valence-corrected chi connectivity index (χ0v) is 9.57. The van der Waals surface area contributed by atoms with Crippen LogP contribution in [-0.4, -0.2) is 30.1 Å². The van der Waals surface area contributed by atoms with Gasteiger partial charge >= 0.3 is 5.97 Å². The first-order chi connectivity index (χ1) is 8.58. The highest BCUT2D eigenvalue weighted by Crippen LogP contribution is 2.21. The number of carboxylic acids is 1. The standard InChI is InChI=1S/C12H13FN2O3/c13-9-3-1-2-8(12(17)18)11(9)15-10(16)4-7-5-14-6-7/h1-3,7,14H,4-6H2,(H,15,16)(H,17,18). The Kier molecular flexibility index (Phi) is 3.57. The Bertz CT molecular complexity index is 486. The molecular formula is C12H13FN2O3. The summed E-state index contributed by atoms with van der Waals surface area (Å²) in [5.74, 6) is -2.13. The van der Waals surface area contributed by atoms with Gasteiger partial charge < -0.3 is 15.7 Å². The van der Waals surface area contributed by atoms with E-state index in [1.54, 1.807) is 0 Å². The topological polar surface area (TPSA) is 78.4 Å². The third kappa shape index (κ3) is 2.65. The predicted octanol–water partition coefficient (Wildman–Crippen LogP) is 1.07. The number of carbonyl (C=O) groups is 2. The number of benzene rings is 1. The third-order valence-corrected chi connectivity index (χ3v) is 2.85. The molecule has 1 saturated heterocycles.